The van der Waals surface area contributed by atoms with E-state index in [-0.39, 0.29) is 34.1 Å². The highest BCUT2D eigenvalue weighted by atomic mass is 35.5. The molecular formula is C32H38ClN3O5S. The van der Waals surface area contributed by atoms with Crippen molar-refractivity contribution in [2.24, 2.45) is 0 Å². The van der Waals surface area contributed by atoms with Crippen LogP contribution in [0.3, 0.4) is 0 Å². The fourth-order valence-corrected chi connectivity index (χ4v) is 6.77. The van der Waals surface area contributed by atoms with Gasteiger partial charge in [-0.25, -0.2) is 8.42 Å². The Bertz CT molecular complexity index is 1480. The fourth-order valence-electron chi connectivity index (χ4n) is 5.11. The topological polar surface area (TPSA) is 96.0 Å². The Morgan fingerprint density at radius 3 is 2.29 bits per heavy atom. The standard InChI is InChI=1S/C32H38ClN3O5S/c1-23-14-17-28(18-15-23)42(39,40)36(27-16-19-30(41-3)29(33)20-27)22-31(37)35(21-25-10-6-4-7-11-25)24(2)32(38)34-26-12-8-5-9-13-26/h4,6-7,10-11,14-20,24,26H,5,8-9,12-13,21-22H2,1-3H3,(H,34,38)/t24-/m0/s1. The van der Waals surface area contributed by atoms with Crippen LogP contribution in [0, 0.1) is 6.92 Å². The lowest BCUT2D eigenvalue weighted by Gasteiger charge is -2.33. The number of benzene rings is 3. The second kappa shape index (κ2) is 14.1. The van der Waals surface area contributed by atoms with E-state index in [2.05, 4.69) is 5.32 Å². The molecule has 1 aliphatic carbocycles. The molecule has 3 aromatic carbocycles. The minimum absolute atomic E-state index is 0.0329. The van der Waals surface area contributed by atoms with Crippen molar-refractivity contribution < 1.29 is 22.7 Å². The summed E-state index contributed by atoms with van der Waals surface area (Å²) in [6.07, 6.45) is 5.09. The maximum atomic E-state index is 14.1. The van der Waals surface area contributed by atoms with Crippen molar-refractivity contribution >= 4 is 39.1 Å². The van der Waals surface area contributed by atoms with Gasteiger partial charge in [0.2, 0.25) is 11.8 Å². The summed E-state index contributed by atoms with van der Waals surface area (Å²) >= 11 is 6.39. The Kier molecular flexibility index (Phi) is 10.5. The van der Waals surface area contributed by atoms with Crippen LogP contribution in [0.5, 0.6) is 5.75 Å². The van der Waals surface area contributed by atoms with Crippen molar-refractivity contribution in [2.75, 3.05) is 18.0 Å². The molecule has 0 saturated heterocycles. The number of rotatable bonds is 11. The maximum Gasteiger partial charge on any atom is 0.264 e. The van der Waals surface area contributed by atoms with Crippen LogP contribution in [0.15, 0.2) is 77.7 Å². The molecule has 0 aliphatic heterocycles. The molecule has 0 unspecified atom stereocenters. The number of hydrogen-bond acceptors (Lipinski definition) is 5. The summed E-state index contributed by atoms with van der Waals surface area (Å²) in [6.45, 7) is 3.15. The number of amides is 2. The van der Waals surface area contributed by atoms with Gasteiger partial charge in [-0.3, -0.25) is 13.9 Å². The van der Waals surface area contributed by atoms with Gasteiger partial charge in [-0.05, 0) is 62.6 Å². The molecule has 1 N–H and O–H groups in total. The smallest absolute Gasteiger partial charge is 0.264 e. The Labute approximate surface area is 253 Å². The van der Waals surface area contributed by atoms with Crippen LogP contribution in [0.4, 0.5) is 5.69 Å². The van der Waals surface area contributed by atoms with Crippen LogP contribution in [0.25, 0.3) is 0 Å². The molecule has 224 valence electrons. The molecule has 0 heterocycles. The van der Waals surface area contributed by atoms with Crippen LogP contribution in [-0.2, 0) is 26.2 Å². The van der Waals surface area contributed by atoms with E-state index in [1.165, 1.54) is 30.2 Å². The number of carbonyl (C=O) groups excluding carboxylic acids is 2. The number of carbonyl (C=O) groups is 2. The molecular weight excluding hydrogens is 574 g/mol. The van der Waals surface area contributed by atoms with Gasteiger partial charge in [-0.1, -0.05) is 78.9 Å². The summed E-state index contributed by atoms with van der Waals surface area (Å²) in [6, 6.07) is 19.6. The summed E-state index contributed by atoms with van der Waals surface area (Å²) in [5, 5.41) is 3.31. The molecule has 1 aliphatic rings. The van der Waals surface area contributed by atoms with E-state index < -0.39 is 28.5 Å². The molecule has 8 nitrogen and oxygen atoms in total. The van der Waals surface area contributed by atoms with Crippen molar-refractivity contribution in [1.82, 2.24) is 10.2 Å². The van der Waals surface area contributed by atoms with Crippen LogP contribution >= 0.6 is 11.6 Å². The predicted molar refractivity (Wildman–Crippen MR) is 165 cm³/mol. The van der Waals surface area contributed by atoms with Gasteiger partial charge in [0.1, 0.15) is 18.3 Å². The Balaban J connectivity index is 1.69. The second-order valence-electron chi connectivity index (χ2n) is 10.7. The number of halogens is 1. The van der Waals surface area contributed by atoms with Gasteiger partial charge in [0, 0.05) is 12.6 Å². The molecule has 4 rings (SSSR count). The maximum absolute atomic E-state index is 14.1. The molecule has 0 bridgehead atoms. The van der Waals surface area contributed by atoms with Crippen molar-refractivity contribution in [2.45, 2.75) is 69.5 Å². The SMILES string of the molecule is COc1ccc(N(CC(=O)N(Cc2ccccc2)[C@@H](C)C(=O)NC2CCCCC2)S(=O)(=O)c2ccc(C)cc2)cc1Cl. The normalized spacial score (nSPS) is 14.6. The Morgan fingerprint density at radius 2 is 1.67 bits per heavy atom. The van der Waals surface area contributed by atoms with E-state index in [1.807, 2.05) is 37.3 Å². The molecule has 0 radical (unpaired) electrons. The van der Waals surface area contributed by atoms with E-state index in [9.17, 15) is 18.0 Å². The number of nitrogens with zero attached hydrogens (tertiary/aromatic N) is 2. The molecule has 3 aromatic rings. The minimum Gasteiger partial charge on any atom is -0.495 e. The number of aryl methyl sites for hydroxylation is 1. The van der Waals surface area contributed by atoms with Gasteiger partial charge >= 0.3 is 0 Å². The van der Waals surface area contributed by atoms with E-state index in [0.717, 1.165) is 47.5 Å². The summed E-state index contributed by atoms with van der Waals surface area (Å²) in [4.78, 5) is 29.0. The first kappa shape index (κ1) is 31.4. The van der Waals surface area contributed by atoms with Gasteiger partial charge in [-0.2, -0.15) is 0 Å². The summed E-state index contributed by atoms with van der Waals surface area (Å²) < 4.78 is 34.3. The molecule has 1 fully saturated rings. The van der Waals surface area contributed by atoms with E-state index in [4.69, 9.17) is 16.3 Å². The van der Waals surface area contributed by atoms with Crippen LogP contribution < -0.4 is 14.4 Å². The van der Waals surface area contributed by atoms with Crippen LogP contribution in [0.2, 0.25) is 5.02 Å². The number of anilines is 1. The first-order valence-electron chi connectivity index (χ1n) is 14.2. The summed E-state index contributed by atoms with van der Waals surface area (Å²) in [5.74, 6) is -0.405. The Morgan fingerprint density at radius 1 is 1.00 bits per heavy atom. The average molecular weight is 612 g/mol. The van der Waals surface area contributed by atoms with Crippen molar-refractivity contribution in [3.63, 3.8) is 0 Å². The molecule has 0 spiro atoms. The van der Waals surface area contributed by atoms with Crippen LogP contribution in [-0.4, -0.2) is 50.9 Å². The Hall–Kier alpha value is -3.56. The zero-order valence-electron chi connectivity index (χ0n) is 24.3. The molecule has 10 heteroatoms. The summed E-state index contributed by atoms with van der Waals surface area (Å²) in [7, 11) is -2.73. The highest BCUT2D eigenvalue weighted by Gasteiger charge is 2.33. The number of sulfonamides is 1. The van der Waals surface area contributed by atoms with Crippen molar-refractivity contribution in [3.8, 4) is 5.75 Å². The molecule has 2 amide bonds. The van der Waals surface area contributed by atoms with E-state index in [1.54, 1.807) is 31.2 Å². The van der Waals surface area contributed by atoms with Gasteiger partial charge in [0.05, 0.1) is 22.7 Å². The third-order valence-corrected chi connectivity index (χ3v) is 9.71. The third-order valence-electron chi connectivity index (χ3n) is 7.63. The molecule has 42 heavy (non-hydrogen) atoms. The fraction of sp³-hybridized carbons (Fsp3) is 0.375. The third kappa shape index (κ3) is 7.63. The number of methoxy groups -OCH3 is 1. The van der Waals surface area contributed by atoms with Gasteiger partial charge in [0.25, 0.3) is 10.0 Å². The zero-order chi connectivity index (χ0) is 30.3. The predicted octanol–water partition coefficient (Wildman–Crippen LogP) is 5.72. The highest BCUT2D eigenvalue weighted by molar-refractivity contribution is 7.92. The molecule has 1 atom stereocenters. The molecule has 1 saturated carbocycles. The zero-order valence-corrected chi connectivity index (χ0v) is 25.8. The van der Waals surface area contributed by atoms with Gasteiger partial charge < -0.3 is 15.0 Å². The van der Waals surface area contributed by atoms with Gasteiger partial charge in [0.15, 0.2) is 0 Å². The lowest BCUT2D eigenvalue weighted by molar-refractivity contribution is -0.139. The van der Waals surface area contributed by atoms with E-state index in [0.29, 0.717) is 5.75 Å². The van der Waals surface area contributed by atoms with Crippen molar-refractivity contribution in [1.29, 1.82) is 0 Å². The number of hydrogen-bond donors (Lipinski definition) is 1. The molecule has 0 aromatic heterocycles. The van der Waals surface area contributed by atoms with Gasteiger partial charge in [-0.15, -0.1) is 0 Å². The average Bonchev–Trinajstić information content (AvgIpc) is 2.99. The van der Waals surface area contributed by atoms with Crippen LogP contribution in [0.1, 0.15) is 50.2 Å². The highest BCUT2D eigenvalue weighted by Crippen LogP contribution is 2.32. The number of ether oxygens (including phenoxy) is 1. The lowest BCUT2D eigenvalue weighted by atomic mass is 9.95. The summed E-state index contributed by atoms with van der Waals surface area (Å²) in [5.41, 5.74) is 1.92. The monoisotopic (exact) mass is 611 g/mol. The minimum atomic E-state index is -4.19. The lowest BCUT2D eigenvalue weighted by Crippen LogP contribution is -2.53. The number of nitrogens with one attached hydrogen (secondary N) is 1. The quantitative estimate of drug-likeness (QED) is 0.299. The first-order chi connectivity index (χ1) is 20.1. The largest absolute Gasteiger partial charge is 0.495 e. The second-order valence-corrected chi connectivity index (χ2v) is 12.9. The van der Waals surface area contributed by atoms with E-state index >= 15 is 0 Å². The van der Waals surface area contributed by atoms with Crippen molar-refractivity contribution in [3.05, 3.63) is 88.9 Å². The first-order valence-corrected chi connectivity index (χ1v) is 16.0.